The lowest BCUT2D eigenvalue weighted by Crippen LogP contribution is -2.33. The molecule has 1 amide bonds. The summed E-state index contributed by atoms with van der Waals surface area (Å²) < 4.78 is 2.91. The molecule has 1 atom stereocenters. The highest BCUT2D eigenvalue weighted by Crippen LogP contribution is 2.26. The zero-order valence-electron chi connectivity index (χ0n) is 22.6. The highest BCUT2D eigenvalue weighted by molar-refractivity contribution is 7.10. The minimum atomic E-state index is -0.705. The van der Waals surface area contributed by atoms with Gasteiger partial charge in [-0.3, -0.25) is 14.2 Å². The minimum Gasteiger partial charge on any atom is -0.381 e. The molecule has 11 heteroatoms. The van der Waals surface area contributed by atoms with Crippen LogP contribution in [0.4, 0.5) is 11.6 Å². The number of aryl methyl sites for hydroxylation is 2. The van der Waals surface area contributed by atoms with E-state index in [1.807, 2.05) is 30.5 Å². The third-order valence-corrected chi connectivity index (χ3v) is 7.04. The van der Waals surface area contributed by atoms with Gasteiger partial charge in [-0.1, -0.05) is 42.8 Å². The van der Waals surface area contributed by atoms with Crippen LogP contribution in [0.15, 0.2) is 76.4 Å². The number of anilines is 1. The number of hydrogen-bond donors (Lipinski definition) is 2. The third-order valence-electron chi connectivity index (χ3n) is 6.17. The largest absolute Gasteiger partial charge is 0.381 e. The van der Waals surface area contributed by atoms with Gasteiger partial charge < -0.3 is 11.1 Å². The molecule has 3 aromatic heterocycles. The molecule has 0 spiro atoms. The van der Waals surface area contributed by atoms with Gasteiger partial charge in [-0.25, -0.2) is 19.6 Å². The van der Waals surface area contributed by atoms with Gasteiger partial charge >= 0.3 is 0 Å². The molecule has 41 heavy (non-hydrogen) atoms. The third kappa shape index (κ3) is 5.41. The second-order valence-electron chi connectivity index (χ2n) is 9.11. The van der Waals surface area contributed by atoms with E-state index in [1.165, 1.54) is 32.9 Å². The molecule has 2 aromatic carbocycles. The lowest BCUT2D eigenvalue weighted by Gasteiger charge is -2.20. The highest BCUT2D eigenvalue weighted by atomic mass is 32.1. The maximum atomic E-state index is 14.1. The summed E-state index contributed by atoms with van der Waals surface area (Å²) in [7, 11) is 1.64. The molecule has 204 valence electrons. The van der Waals surface area contributed by atoms with Gasteiger partial charge in [-0.05, 0) is 44.0 Å². The number of nitrogens with one attached hydrogen (secondary N) is 1. The highest BCUT2D eigenvalue weighted by Gasteiger charge is 2.25. The first-order valence-corrected chi connectivity index (χ1v) is 13.5. The van der Waals surface area contributed by atoms with Crippen LogP contribution in [0.3, 0.4) is 0 Å². The number of amides is 1. The number of para-hydroxylation sites is 1. The molecule has 0 aliphatic heterocycles. The molecule has 5 aromatic rings. The van der Waals surface area contributed by atoms with Crippen molar-refractivity contribution in [2.75, 3.05) is 5.73 Å². The molecule has 0 bridgehead atoms. The van der Waals surface area contributed by atoms with Crippen LogP contribution in [0.1, 0.15) is 45.4 Å². The van der Waals surface area contributed by atoms with Crippen LogP contribution in [-0.4, -0.2) is 36.4 Å². The number of benzene rings is 2. The second kappa shape index (κ2) is 11.4. The molecule has 3 N–H and O–H groups in total. The van der Waals surface area contributed by atoms with E-state index >= 15 is 0 Å². The molecule has 0 fully saturated rings. The molecule has 0 aliphatic rings. The molecule has 0 radical (unpaired) electrons. The Kier molecular flexibility index (Phi) is 7.58. The number of hydrogen-bond acceptors (Lipinski definition) is 8. The summed E-state index contributed by atoms with van der Waals surface area (Å²) in [4.78, 5) is 41.1. The number of aromatic nitrogens is 5. The summed E-state index contributed by atoms with van der Waals surface area (Å²) in [5.41, 5.74) is 8.33. The first-order chi connectivity index (χ1) is 19.8. The van der Waals surface area contributed by atoms with Crippen LogP contribution in [0, 0.1) is 18.8 Å². The zero-order valence-corrected chi connectivity index (χ0v) is 23.4. The van der Waals surface area contributed by atoms with Crippen molar-refractivity contribution >= 4 is 46.0 Å². The molecule has 3 heterocycles. The number of thiazole rings is 1. The Morgan fingerprint density at radius 1 is 1.17 bits per heavy atom. The first kappa shape index (κ1) is 27.2. The number of carbonyl (C=O) groups is 1. The Bertz CT molecular complexity index is 1940. The van der Waals surface area contributed by atoms with Gasteiger partial charge in [0, 0.05) is 29.9 Å². The van der Waals surface area contributed by atoms with Gasteiger partial charge in [0.2, 0.25) is 0 Å². The van der Waals surface area contributed by atoms with Gasteiger partial charge in [0.05, 0.1) is 22.6 Å². The average Bonchev–Trinajstić information content (AvgIpc) is 3.51. The van der Waals surface area contributed by atoms with Gasteiger partial charge in [0.25, 0.3) is 11.5 Å². The monoisotopic (exact) mass is 562 g/mol. The second-order valence-corrected chi connectivity index (χ2v) is 9.96. The lowest BCUT2D eigenvalue weighted by molar-refractivity contribution is 0.0939. The molecule has 5 rings (SSSR count). The summed E-state index contributed by atoms with van der Waals surface area (Å²) in [6, 6.07) is 13.8. The summed E-state index contributed by atoms with van der Waals surface area (Å²) in [5.74, 6) is 6.29. The Hall–Kier alpha value is -5.34. The van der Waals surface area contributed by atoms with Crippen LogP contribution >= 0.6 is 11.3 Å². The van der Waals surface area contributed by atoms with Gasteiger partial charge in [-0.15, -0.1) is 11.3 Å². The van der Waals surface area contributed by atoms with Crippen molar-refractivity contribution in [1.29, 1.82) is 0 Å². The number of rotatable bonds is 6. The van der Waals surface area contributed by atoms with Crippen LogP contribution in [0.2, 0.25) is 0 Å². The van der Waals surface area contributed by atoms with Crippen molar-refractivity contribution in [3.8, 4) is 17.5 Å². The summed E-state index contributed by atoms with van der Waals surface area (Å²) in [6.45, 7) is 7.27. The minimum absolute atomic E-state index is 0.0268. The van der Waals surface area contributed by atoms with Crippen molar-refractivity contribution in [3.05, 3.63) is 105 Å². The van der Waals surface area contributed by atoms with Gasteiger partial charge in [0.15, 0.2) is 16.6 Å². The van der Waals surface area contributed by atoms with E-state index in [0.29, 0.717) is 33.0 Å². The Morgan fingerprint density at radius 3 is 2.66 bits per heavy atom. The van der Waals surface area contributed by atoms with E-state index in [-0.39, 0.29) is 22.8 Å². The topological polar surface area (TPSA) is 133 Å². The molecular formula is C30H26N8O2S. The maximum Gasteiger partial charge on any atom is 0.267 e. The van der Waals surface area contributed by atoms with E-state index in [0.717, 1.165) is 5.69 Å². The quantitative estimate of drug-likeness (QED) is 0.235. The first-order valence-electron chi connectivity index (χ1n) is 12.6. The fraction of sp³-hybridized carbons (Fsp3) is 0.133. The van der Waals surface area contributed by atoms with E-state index in [4.69, 9.17) is 10.7 Å². The number of nitrogens with two attached hydrogens (primary N) is 1. The fourth-order valence-corrected chi connectivity index (χ4v) is 5.00. The van der Waals surface area contributed by atoms with E-state index in [9.17, 15) is 9.59 Å². The van der Waals surface area contributed by atoms with E-state index in [1.54, 1.807) is 44.3 Å². The Morgan fingerprint density at radius 2 is 1.95 bits per heavy atom. The fourth-order valence-electron chi connectivity index (χ4n) is 4.36. The summed E-state index contributed by atoms with van der Waals surface area (Å²) >= 11 is 1.44. The number of fused-ring (bicyclic) bond motifs is 1. The average molecular weight is 563 g/mol. The number of nitrogens with zero attached hydrogens (tertiary/aromatic N) is 6. The maximum absolute atomic E-state index is 14.1. The van der Waals surface area contributed by atoms with E-state index in [2.05, 4.69) is 38.8 Å². The van der Waals surface area contributed by atoms with Crippen LogP contribution in [0.5, 0.6) is 0 Å². The Labute approximate surface area is 239 Å². The zero-order chi connectivity index (χ0) is 29.1. The molecule has 1 unspecified atom stereocenters. The van der Waals surface area contributed by atoms with Crippen molar-refractivity contribution in [1.82, 2.24) is 29.6 Å². The van der Waals surface area contributed by atoms with Crippen molar-refractivity contribution in [2.45, 2.75) is 19.9 Å². The van der Waals surface area contributed by atoms with E-state index < -0.39 is 11.9 Å². The number of aliphatic imine (C=N–C) groups is 1. The molecule has 0 saturated carbocycles. The summed E-state index contributed by atoms with van der Waals surface area (Å²) in [6.07, 6.45) is 2.94. The lowest BCUT2D eigenvalue weighted by atomic mass is 10.1. The molecule has 0 saturated heterocycles. The molecule has 10 nitrogen and oxygen atoms in total. The van der Waals surface area contributed by atoms with Crippen LogP contribution in [-0.2, 0) is 7.05 Å². The standard InChI is InChI=1S/C30H26N8O2S/c1-5-16-32-28-25(26(31)36-37(28)4)29(39)34-19(3)27-35-22-13-9-10-20(14-15-23-33-18(2)17-41-23)24(22)30(40)38(27)21-11-7-6-8-12-21/h5-13,16-17,19H,1H2,2-4H3,(H2,31,36)(H,34,39)/b32-16-. The molecule has 0 aliphatic carbocycles. The Balaban J connectivity index is 1.63. The number of carbonyl (C=O) groups excluding carboxylic acids is 1. The normalized spacial score (nSPS) is 11.8. The number of nitrogen functional groups attached to an aromatic ring is 1. The molecular weight excluding hydrogens is 536 g/mol. The van der Waals surface area contributed by atoms with Crippen molar-refractivity contribution < 1.29 is 4.79 Å². The number of allylic oxidation sites excluding steroid dienone is 1. The van der Waals surface area contributed by atoms with Crippen molar-refractivity contribution in [3.63, 3.8) is 0 Å². The van der Waals surface area contributed by atoms with Gasteiger partial charge in [-0.2, -0.15) is 5.10 Å². The predicted octanol–water partition coefficient (Wildman–Crippen LogP) is 4.25. The van der Waals surface area contributed by atoms with Crippen LogP contribution < -0.4 is 16.6 Å². The predicted molar refractivity (Wildman–Crippen MR) is 162 cm³/mol. The SMILES string of the molecule is C=C/C=N\c1c(C(=O)NC(C)c2nc3cccc(C#Cc4nc(C)cs4)c3c(=O)n2-c2ccccc2)c(N)nn1C. The summed E-state index contributed by atoms with van der Waals surface area (Å²) in [5, 5.41) is 10.0. The van der Waals surface area contributed by atoms with Gasteiger partial charge in [0.1, 0.15) is 11.4 Å². The smallest absolute Gasteiger partial charge is 0.267 e. The van der Waals surface area contributed by atoms with Crippen molar-refractivity contribution in [2.24, 2.45) is 12.0 Å². The van der Waals surface area contributed by atoms with Crippen LogP contribution in [0.25, 0.3) is 16.6 Å².